The second kappa shape index (κ2) is 10.5. The van der Waals surface area contributed by atoms with Gasteiger partial charge in [0.05, 0.1) is 5.92 Å². The topological polar surface area (TPSA) is 32.3 Å². The average Bonchev–Trinajstić information content (AvgIpc) is 2.70. The molecule has 3 rings (SSSR count). The Kier molecular flexibility index (Phi) is 7.72. The summed E-state index contributed by atoms with van der Waals surface area (Å²) in [4.78, 5) is 14.8. The van der Waals surface area contributed by atoms with Gasteiger partial charge in [-0.2, -0.15) is 11.8 Å². The predicted octanol–water partition coefficient (Wildman–Crippen LogP) is 4.09. The van der Waals surface area contributed by atoms with Crippen molar-refractivity contribution in [1.29, 1.82) is 0 Å². The maximum Gasteiger partial charge on any atom is 0.224 e. The second-order valence-corrected chi connectivity index (χ2v) is 8.14. The number of likely N-dealkylation sites (tertiary alicyclic amines) is 1. The molecule has 0 aliphatic carbocycles. The zero-order valence-electron chi connectivity index (χ0n) is 15.6. The first-order valence-electron chi connectivity index (χ1n) is 9.57. The molecule has 1 heterocycles. The minimum atomic E-state index is -0.209. The Bertz CT molecular complexity index is 708. The minimum Gasteiger partial charge on any atom is -0.355 e. The van der Waals surface area contributed by atoms with Gasteiger partial charge in [-0.05, 0) is 42.6 Å². The van der Waals surface area contributed by atoms with Crippen molar-refractivity contribution < 1.29 is 9.18 Å². The van der Waals surface area contributed by atoms with Crippen LogP contribution in [-0.4, -0.2) is 36.2 Å². The van der Waals surface area contributed by atoms with E-state index in [0.29, 0.717) is 6.54 Å². The Morgan fingerprint density at radius 1 is 1.11 bits per heavy atom. The Hall–Kier alpha value is -1.85. The normalized spacial score (nSPS) is 17.6. The van der Waals surface area contributed by atoms with E-state index in [1.54, 1.807) is 0 Å². The third-order valence-corrected chi connectivity index (χ3v) is 5.88. The minimum absolute atomic E-state index is 0.0540. The predicted molar refractivity (Wildman–Crippen MR) is 110 cm³/mol. The lowest BCUT2D eigenvalue weighted by Crippen LogP contribution is -2.43. The fraction of sp³-hybridized carbons (Fsp3) is 0.409. The number of carbonyl (C=O) groups is 1. The molecule has 0 unspecified atom stereocenters. The van der Waals surface area contributed by atoms with Gasteiger partial charge in [-0.1, -0.05) is 42.5 Å². The monoisotopic (exact) mass is 386 g/mol. The van der Waals surface area contributed by atoms with Gasteiger partial charge in [0.15, 0.2) is 0 Å². The van der Waals surface area contributed by atoms with Gasteiger partial charge in [0.25, 0.3) is 0 Å². The van der Waals surface area contributed by atoms with E-state index in [9.17, 15) is 9.18 Å². The van der Waals surface area contributed by atoms with Crippen LogP contribution >= 0.6 is 11.8 Å². The lowest BCUT2D eigenvalue weighted by atomic mass is 9.96. The van der Waals surface area contributed by atoms with E-state index in [4.69, 9.17) is 0 Å². The van der Waals surface area contributed by atoms with Gasteiger partial charge in [-0.3, -0.25) is 9.69 Å². The number of hydrogen-bond acceptors (Lipinski definition) is 3. The molecule has 2 aromatic carbocycles. The summed E-state index contributed by atoms with van der Waals surface area (Å²) in [5, 5.41) is 3.09. The zero-order valence-corrected chi connectivity index (χ0v) is 16.4. The maximum absolute atomic E-state index is 13.0. The van der Waals surface area contributed by atoms with Crippen LogP contribution in [0.25, 0.3) is 0 Å². The van der Waals surface area contributed by atoms with Crippen molar-refractivity contribution in [2.24, 2.45) is 5.92 Å². The first-order valence-corrected chi connectivity index (χ1v) is 10.7. The van der Waals surface area contributed by atoms with Crippen LogP contribution in [0.3, 0.4) is 0 Å². The van der Waals surface area contributed by atoms with Crippen LogP contribution in [0.4, 0.5) is 4.39 Å². The molecule has 3 nitrogen and oxygen atoms in total. The standard InChI is InChI=1S/C22H27FN2OS/c23-21-10-8-18(9-11-21)15-25-13-4-7-20(16-25)22(26)24-12-14-27-17-19-5-2-1-3-6-19/h1-3,5-6,8-11,20H,4,7,12-17H2,(H,24,26)/t20-/m1/s1. The van der Waals surface area contributed by atoms with E-state index in [-0.39, 0.29) is 17.6 Å². The van der Waals surface area contributed by atoms with Gasteiger partial charge < -0.3 is 5.32 Å². The van der Waals surface area contributed by atoms with Crippen LogP contribution in [0.2, 0.25) is 0 Å². The van der Waals surface area contributed by atoms with E-state index in [1.165, 1.54) is 17.7 Å². The van der Waals surface area contributed by atoms with Gasteiger partial charge in [0.1, 0.15) is 5.82 Å². The molecule has 1 aliphatic heterocycles. The molecule has 0 bridgehead atoms. The van der Waals surface area contributed by atoms with Gasteiger partial charge in [0, 0.05) is 31.1 Å². The zero-order chi connectivity index (χ0) is 18.9. The average molecular weight is 387 g/mol. The molecular weight excluding hydrogens is 359 g/mol. The Labute approximate surface area is 165 Å². The van der Waals surface area contributed by atoms with E-state index in [1.807, 2.05) is 30.0 Å². The summed E-state index contributed by atoms with van der Waals surface area (Å²) in [6, 6.07) is 17.0. The van der Waals surface area contributed by atoms with Crippen LogP contribution < -0.4 is 5.32 Å². The van der Waals surface area contributed by atoms with Crippen molar-refractivity contribution in [3.63, 3.8) is 0 Å². The van der Waals surface area contributed by atoms with Crippen LogP contribution in [-0.2, 0) is 17.1 Å². The van der Waals surface area contributed by atoms with Crippen molar-refractivity contribution in [2.45, 2.75) is 25.1 Å². The summed E-state index contributed by atoms with van der Waals surface area (Å²) >= 11 is 1.84. The summed E-state index contributed by atoms with van der Waals surface area (Å²) in [6.07, 6.45) is 1.98. The molecule has 1 amide bonds. The summed E-state index contributed by atoms with van der Waals surface area (Å²) in [6.45, 7) is 3.26. The number of rotatable bonds is 8. The molecule has 0 aromatic heterocycles. The molecule has 144 valence electrons. The number of hydrogen-bond donors (Lipinski definition) is 1. The summed E-state index contributed by atoms with van der Waals surface area (Å²) in [5.41, 5.74) is 2.41. The fourth-order valence-electron chi connectivity index (χ4n) is 3.42. The van der Waals surface area contributed by atoms with Gasteiger partial charge in [-0.25, -0.2) is 4.39 Å². The molecule has 1 fully saturated rings. The first-order chi connectivity index (χ1) is 13.2. The highest BCUT2D eigenvalue weighted by Gasteiger charge is 2.25. The first kappa shape index (κ1) is 19.9. The number of piperidine rings is 1. The molecule has 1 atom stereocenters. The SMILES string of the molecule is O=C(NCCSCc1ccccc1)[C@@H]1CCCN(Cc2ccc(F)cc2)C1. The van der Waals surface area contributed by atoms with Crippen molar-refractivity contribution in [1.82, 2.24) is 10.2 Å². The Balaban J connectivity index is 1.36. The molecule has 0 saturated carbocycles. The number of nitrogens with one attached hydrogen (secondary N) is 1. The van der Waals surface area contributed by atoms with Gasteiger partial charge in [0.2, 0.25) is 5.91 Å². The van der Waals surface area contributed by atoms with E-state index in [0.717, 1.165) is 49.5 Å². The van der Waals surface area contributed by atoms with E-state index in [2.05, 4.69) is 34.5 Å². The van der Waals surface area contributed by atoms with Crippen LogP contribution in [0.15, 0.2) is 54.6 Å². The summed E-state index contributed by atoms with van der Waals surface area (Å²) in [7, 11) is 0. The molecule has 27 heavy (non-hydrogen) atoms. The van der Waals surface area contributed by atoms with Crippen molar-refractivity contribution in [3.05, 3.63) is 71.5 Å². The van der Waals surface area contributed by atoms with Crippen molar-refractivity contribution in [2.75, 3.05) is 25.4 Å². The third-order valence-electron chi connectivity index (χ3n) is 4.85. The number of thioether (sulfide) groups is 1. The molecule has 1 saturated heterocycles. The van der Waals surface area contributed by atoms with E-state index >= 15 is 0 Å². The Morgan fingerprint density at radius 3 is 2.67 bits per heavy atom. The van der Waals surface area contributed by atoms with Crippen LogP contribution in [0, 0.1) is 11.7 Å². The lowest BCUT2D eigenvalue weighted by Gasteiger charge is -2.32. The number of nitrogens with zero attached hydrogens (tertiary/aromatic N) is 1. The Morgan fingerprint density at radius 2 is 1.89 bits per heavy atom. The smallest absolute Gasteiger partial charge is 0.224 e. The highest BCUT2D eigenvalue weighted by molar-refractivity contribution is 7.98. The molecule has 0 radical (unpaired) electrons. The summed E-state index contributed by atoms with van der Waals surface area (Å²) < 4.78 is 13.0. The lowest BCUT2D eigenvalue weighted by molar-refractivity contribution is -0.126. The maximum atomic E-state index is 13.0. The fourth-order valence-corrected chi connectivity index (χ4v) is 4.24. The molecule has 2 aromatic rings. The quantitative estimate of drug-likeness (QED) is 0.694. The van der Waals surface area contributed by atoms with Crippen LogP contribution in [0.5, 0.6) is 0 Å². The molecule has 1 aliphatic rings. The van der Waals surface area contributed by atoms with E-state index < -0.39 is 0 Å². The number of benzene rings is 2. The van der Waals surface area contributed by atoms with Gasteiger partial charge in [-0.15, -0.1) is 0 Å². The van der Waals surface area contributed by atoms with Gasteiger partial charge >= 0.3 is 0 Å². The second-order valence-electron chi connectivity index (χ2n) is 7.03. The highest BCUT2D eigenvalue weighted by atomic mass is 32.2. The number of carbonyl (C=O) groups excluding carboxylic acids is 1. The third kappa shape index (κ3) is 6.67. The van der Waals surface area contributed by atoms with Crippen LogP contribution in [0.1, 0.15) is 24.0 Å². The van der Waals surface area contributed by atoms with Crippen molar-refractivity contribution in [3.8, 4) is 0 Å². The molecule has 0 spiro atoms. The molecule has 1 N–H and O–H groups in total. The van der Waals surface area contributed by atoms with Crippen molar-refractivity contribution >= 4 is 17.7 Å². The highest BCUT2D eigenvalue weighted by Crippen LogP contribution is 2.19. The molecule has 5 heteroatoms. The molecular formula is C22H27FN2OS. The summed E-state index contributed by atoms with van der Waals surface area (Å²) in [5.74, 6) is 1.91. The largest absolute Gasteiger partial charge is 0.355 e. The number of amides is 1. The number of halogens is 1.